The number of aromatic nitrogens is 2. The molecular weight excluding hydrogens is 478 g/mol. The molecule has 0 spiro atoms. The number of para-hydroxylation sites is 1. The van der Waals surface area contributed by atoms with E-state index in [0.29, 0.717) is 35.0 Å². The van der Waals surface area contributed by atoms with E-state index in [1.54, 1.807) is 0 Å². The molecule has 9 heteroatoms. The first-order valence-corrected chi connectivity index (χ1v) is 13.2. The minimum absolute atomic E-state index is 0.0744. The van der Waals surface area contributed by atoms with Crippen molar-refractivity contribution in [2.75, 3.05) is 11.1 Å². The molecule has 0 bridgehead atoms. The topological polar surface area (TPSA) is 152 Å². The Balaban J connectivity index is 1.38. The lowest BCUT2D eigenvalue weighted by atomic mass is 9.90. The van der Waals surface area contributed by atoms with E-state index in [0.717, 1.165) is 31.4 Å². The Hall–Kier alpha value is -3.98. The Morgan fingerprint density at radius 1 is 1.00 bits per heavy atom. The number of nitrogen functional groups attached to an aromatic ring is 1. The molecule has 0 aliphatic heterocycles. The lowest BCUT2D eigenvalue weighted by Crippen LogP contribution is -2.47. The monoisotopic (exact) mass is 515 g/mol. The Morgan fingerprint density at radius 2 is 1.63 bits per heavy atom. The van der Waals surface area contributed by atoms with E-state index < -0.39 is 6.04 Å². The molecule has 4 rings (SSSR count). The summed E-state index contributed by atoms with van der Waals surface area (Å²) in [7, 11) is 0. The quantitative estimate of drug-likeness (QED) is 0.250. The molecule has 1 atom stereocenters. The fraction of sp³-hybridized carbons (Fsp3) is 0.379. The molecule has 3 aromatic rings. The zero-order valence-electron chi connectivity index (χ0n) is 22.0. The third kappa shape index (κ3) is 7.07. The van der Waals surface area contributed by atoms with Gasteiger partial charge in [-0.3, -0.25) is 10.2 Å². The number of carbonyl (C=O) groups excluding carboxylic acids is 1. The molecule has 1 amide bonds. The number of nitrogens with two attached hydrogens (primary N) is 2. The summed E-state index contributed by atoms with van der Waals surface area (Å²) in [6.45, 7) is 4.13. The minimum atomic E-state index is -0.470. The SMILES string of the molecule is CC(C)CC(N)C(=O)NC1CCC(Nc2ncnc(N)c2C(=N)c2ccc(Oc3ccccc3)cc2)CC1. The van der Waals surface area contributed by atoms with E-state index >= 15 is 0 Å². The summed E-state index contributed by atoms with van der Waals surface area (Å²) >= 11 is 0. The number of hydrogen-bond acceptors (Lipinski definition) is 8. The van der Waals surface area contributed by atoms with Gasteiger partial charge in [0.1, 0.15) is 29.5 Å². The van der Waals surface area contributed by atoms with Crippen LogP contribution in [0, 0.1) is 11.3 Å². The van der Waals surface area contributed by atoms with Gasteiger partial charge in [0.05, 0.1) is 17.3 Å². The normalized spacial score (nSPS) is 18.0. The first-order chi connectivity index (χ1) is 18.3. The molecule has 200 valence electrons. The Kier molecular flexibility index (Phi) is 8.91. The fourth-order valence-corrected chi connectivity index (χ4v) is 4.71. The van der Waals surface area contributed by atoms with Gasteiger partial charge < -0.3 is 26.8 Å². The van der Waals surface area contributed by atoms with Gasteiger partial charge in [-0.15, -0.1) is 0 Å². The first-order valence-electron chi connectivity index (χ1n) is 13.2. The van der Waals surface area contributed by atoms with E-state index in [4.69, 9.17) is 21.6 Å². The number of rotatable bonds is 10. The largest absolute Gasteiger partial charge is 0.457 e. The smallest absolute Gasteiger partial charge is 0.237 e. The average Bonchev–Trinajstić information content (AvgIpc) is 2.90. The zero-order valence-corrected chi connectivity index (χ0v) is 22.0. The van der Waals surface area contributed by atoms with E-state index in [-0.39, 0.29) is 29.5 Å². The average molecular weight is 516 g/mol. The number of carbonyl (C=O) groups is 1. The summed E-state index contributed by atoms with van der Waals surface area (Å²) in [6, 6.07) is 16.6. The molecule has 1 fully saturated rings. The Labute approximate surface area is 223 Å². The van der Waals surface area contributed by atoms with E-state index in [2.05, 4.69) is 34.4 Å². The summed E-state index contributed by atoms with van der Waals surface area (Å²) in [6.07, 6.45) is 5.48. The number of nitrogens with one attached hydrogen (secondary N) is 3. The molecule has 1 aliphatic carbocycles. The molecule has 9 nitrogen and oxygen atoms in total. The van der Waals surface area contributed by atoms with Gasteiger partial charge in [-0.2, -0.15) is 0 Å². The highest BCUT2D eigenvalue weighted by Gasteiger charge is 2.26. The maximum Gasteiger partial charge on any atom is 0.237 e. The highest BCUT2D eigenvalue weighted by Crippen LogP contribution is 2.28. The van der Waals surface area contributed by atoms with Crippen LogP contribution in [0.4, 0.5) is 11.6 Å². The molecule has 1 unspecified atom stereocenters. The van der Waals surface area contributed by atoms with Crippen molar-refractivity contribution in [1.29, 1.82) is 5.41 Å². The van der Waals surface area contributed by atoms with Gasteiger partial charge in [0.25, 0.3) is 0 Å². The van der Waals surface area contributed by atoms with Crippen LogP contribution in [0.1, 0.15) is 57.1 Å². The maximum atomic E-state index is 12.4. The molecule has 1 aliphatic rings. The molecule has 0 radical (unpaired) electrons. The van der Waals surface area contributed by atoms with Crippen LogP contribution >= 0.6 is 0 Å². The fourth-order valence-electron chi connectivity index (χ4n) is 4.71. The second kappa shape index (κ2) is 12.5. The summed E-state index contributed by atoms with van der Waals surface area (Å²) < 4.78 is 5.86. The highest BCUT2D eigenvalue weighted by molar-refractivity contribution is 6.16. The standard InChI is InChI=1S/C29H37N7O2/c1-18(2)16-24(30)29(37)36-21-12-10-20(11-13-21)35-28-25(27(32)33-17-34-28)26(31)19-8-14-23(15-9-19)38-22-6-4-3-5-7-22/h3-9,14-15,17-18,20-21,24,31H,10-13,16,30H2,1-2H3,(H,36,37)(H3,32,33,34,35). The van der Waals surface area contributed by atoms with Crippen LogP contribution in [0.25, 0.3) is 0 Å². The first kappa shape index (κ1) is 27.1. The second-order valence-electron chi connectivity index (χ2n) is 10.2. The molecule has 0 saturated heterocycles. The van der Waals surface area contributed by atoms with E-state index in [1.807, 2.05) is 54.6 Å². The number of ether oxygens (including phenoxy) is 1. The van der Waals surface area contributed by atoms with Crippen LogP contribution in [0.2, 0.25) is 0 Å². The molecule has 1 aromatic heterocycles. The Bertz CT molecular complexity index is 1220. The summed E-state index contributed by atoms with van der Waals surface area (Å²) in [4.78, 5) is 21.0. The molecule has 38 heavy (non-hydrogen) atoms. The van der Waals surface area contributed by atoms with Gasteiger partial charge in [0.2, 0.25) is 5.91 Å². The number of benzene rings is 2. The van der Waals surface area contributed by atoms with Crippen molar-refractivity contribution in [3.05, 3.63) is 72.1 Å². The van der Waals surface area contributed by atoms with Gasteiger partial charge in [-0.05, 0) is 74.4 Å². The lowest BCUT2D eigenvalue weighted by molar-refractivity contribution is -0.123. The summed E-state index contributed by atoms with van der Waals surface area (Å²) in [5.74, 6) is 2.52. The third-order valence-electron chi connectivity index (χ3n) is 6.73. The molecule has 1 heterocycles. The molecule has 2 aromatic carbocycles. The van der Waals surface area contributed by atoms with Crippen LogP contribution in [-0.4, -0.2) is 39.7 Å². The number of anilines is 2. The maximum absolute atomic E-state index is 12.4. The predicted octanol–water partition coefficient (Wildman–Crippen LogP) is 4.48. The van der Waals surface area contributed by atoms with Crippen LogP contribution < -0.4 is 26.8 Å². The van der Waals surface area contributed by atoms with Crippen LogP contribution in [0.5, 0.6) is 11.5 Å². The van der Waals surface area contributed by atoms with Crippen LogP contribution in [-0.2, 0) is 4.79 Å². The van der Waals surface area contributed by atoms with Crippen molar-refractivity contribution in [3.63, 3.8) is 0 Å². The van der Waals surface area contributed by atoms with Gasteiger partial charge in [-0.25, -0.2) is 9.97 Å². The van der Waals surface area contributed by atoms with E-state index in [9.17, 15) is 4.79 Å². The third-order valence-corrected chi connectivity index (χ3v) is 6.73. The van der Waals surface area contributed by atoms with Crippen molar-refractivity contribution >= 4 is 23.3 Å². The van der Waals surface area contributed by atoms with Crippen molar-refractivity contribution in [2.45, 2.75) is 64.1 Å². The number of nitrogens with zero attached hydrogens (tertiary/aromatic N) is 2. The molecular formula is C29H37N7O2. The van der Waals surface area contributed by atoms with E-state index in [1.165, 1.54) is 6.33 Å². The molecule has 1 saturated carbocycles. The summed E-state index contributed by atoms with van der Waals surface area (Å²) in [5.41, 5.74) is 13.6. The van der Waals surface area contributed by atoms with Crippen LogP contribution in [0.15, 0.2) is 60.9 Å². The van der Waals surface area contributed by atoms with Gasteiger partial charge >= 0.3 is 0 Å². The zero-order chi connectivity index (χ0) is 27.1. The van der Waals surface area contributed by atoms with Crippen molar-refractivity contribution < 1.29 is 9.53 Å². The second-order valence-corrected chi connectivity index (χ2v) is 10.2. The highest BCUT2D eigenvalue weighted by atomic mass is 16.5. The van der Waals surface area contributed by atoms with Gasteiger partial charge in [0, 0.05) is 17.6 Å². The number of amides is 1. The lowest BCUT2D eigenvalue weighted by Gasteiger charge is -2.31. The molecule has 7 N–H and O–H groups in total. The Morgan fingerprint density at radius 3 is 2.29 bits per heavy atom. The number of hydrogen-bond donors (Lipinski definition) is 5. The van der Waals surface area contributed by atoms with Crippen molar-refractivity contribution in [2.24, 2.45) is 11.7 Å². The van der Waals surface area contributed by atoms with Crippen molar-refractivity contribution in [1.82, 2.24) is 15.3 Å². The van der Waals surface area contributed by atoms with Gasteiger partial charge in [0.15, 0.2) is 0 Å². The predicted molar refractivity (Wildman–Crippen MR) is 151 cm³/mol. The minimum Gasteiger partial charge on any atom is -0.457 e. The van der Waals surface area contributed by atoms with Crippen LogP contribution in [0.3, 0.4) is 0 Å². The summed E-state index contributed by atoms with van der Waals surface area (Å²) in [5, 5.41) is 15.4. The van der Waals surface area contributed by atoms with Gasteiger partial charge in [-0.1, -0.05) is 32.0 Å². The van der Waals surface area contributed by atoms with Crippen molar-refractivity contribution in [3.8, 4) is 11.5 Å².